The number of aromatic nitrogens is 2. The molecule has 1 rings (SSSR count). The highest BCUT2D eigenvalue weighted by molar-refractivity contribution is 8.13. The van der Waals surface area contributed by atoms with E-state index in [2.05, 4.69) is 43.2 Å². The maximum atomic E-state index is 12.3. The van der Waals surface area contributed by atoms with E-state index in [0.29, 0.717) is 4.13 Å². The summed E-state index contributed by atoms with van der Waals surface area (Å²) in [4.78, 5) is 0. The van der Waals surface area contributed by atoms with Crippen LogP contribution in [-0.2, 0) is 33.6 Å². The average Bonchev–Trinajstić information content (AvgIpc) is 2.79. The van der Waals surface area contributed by atoms with Crippen LogP contribution in [0.1, 0.15) is 24.7 Å². The van der Waals surface area contributed by atoms with Crippen molar-refractivity contribution < 1.29 is 65.4 Å². The number of sulfonamides is 2. The van der Waals surface area contributed by atoms with Crippen molar-refractivity contribution in [2.24, 2.45) is 7.05 Å². The Balaban J connectivity index is 0.000000726. The molecule has 1 aromatic heterocycles. The quantitative estimate of drug-likeness (QED) is 0.412. The van der Waals surface area contributed by atoms with Gasteiger partial charge in [0.05, 0.1) is 12.2 Å². The van der Waals surface area contributed by atoms with Crippen LogP contribution >= 0.6 is 0 Å². The molecule has 190 valence electrons. The van der Waals surface area contributed by atoms with Gasteiger partial charge in [0.1, 0.15) is 0 Å². The van der Waals surface area contributed by atoms with Crippen LogP contribution in [-0.4, -0.2) is 44.4 Å². The van der Waals surface area contributed by atoms with Gasteiger partial charge in [0.2, 0.25) is 5.69 Å². The second kappa shape index (κ2) is 9.32. The van der Waals surface area contributed by atoms with Gasteiger partial charge in [-0.05, 0) is 13.3 Å². The monoisotopic (exact) mass is 533 g/mol. The Morgan fingerprint density at radius 3 is 1.41 bits per heavy atom. The van der Waals surface area contributed by atoms with Crippen molar-refractivity contribution in [3.05, 3.63) is 21.6 Å². The zero-order chi connectivity index (χ0) is 26.1. The van der Waals surface area contributed by atoms with E-state index < -0.39 is 42.9 Å². The largest absolute Gasteiger partial charge is 0.467 e. The lowest BCUT2D eigenvalue weighted by atomic mass is 10.4. The van der Waals surface area contributed by atoms with Gasteiger partial charge in [-0.2, -0.15) is 48.6 Å². The van der Waals surface area contributed by atoms with E-state index in [1.165, 1.54) is 17.8 Å². The molecule has 0 aliphatic carbocycles. The standard InChI is InChI=1S/C9H17N2.C4F10NO4S2/c1-5-6-11-9(3)7-8(2)10(11)4;5-1(6,7)3(11,12)20(16,17)15-21(18,19)4(13,14)2(8,9)10/h7H,5-6H2,1-4H3;/q+1;-1. The SMILES string of the molecule is CCCn1c(C)cc(C)[n+]1C.O=S(=O)([N-]S(=O)(=O)C(F)(F)C(F)(F)F)C(F)(F)C(F)(F)F. The van der Waals surface area contributed by atoms with Crippen LogP contribution in [0.4, 0.5) is 43.9 Å². The zero-order valence-corrected chi connectivity index (χ0v) is 18.2. The molecule has 0 N–H and O–H groups in total. The molecule has 1 aromatic rings. The second-order valence-electron chi connectivity index (χ2n) is 6.13. The van der Waals surface area contributed by atoms with E-state index in [9.17, 15) is 60.7 Å². The van der Waals surface area contributed by atoms with Crippen molar-refractivity contribution in [2.45, 2.75) is 56.6 Å². The minimum Gasteiger partial charge on any atom is -0.425 e. The van der Waals surface area contributed by atoms with Crippen molar-refractivity contribution >= 4 is 20.0 Å². The normalized spacial score (nSPS) is 14.2. The predicted molar refractivity (Wildman–Crippen MR) is 88.6 cm³/mol. The molecule has 0 amide bonds. The van der Waals surface area contributed by atoms with Crippen LogP contribution in [0.15, 0.2) is 6.07 Å². The summed E-state index contributed by atoms with van der Waals surface area (Å²) < 4.78 is 166. The summed E-state index contributed by atoms with van der Waals surface area (Å²) in [5.74, 6) is 0. The first-order chi connectivity index (χ1) is 13.9. The number of hydrogen-bond acceptors (Lipinski definition) is 4. The molecular formula is C13H17F10N3O4S2. The number of rotatable bonds is 6. The van der Waals surface area contributed by atoms with Gasteiger partial charge in [0.15, 0.2) is 27.1 Å². The van der Waals surface area contributed by atoms with Crippen molar-refractivity contribution in [1.29, 1.82) is 0 Å². The average molecular weight is 533 g/mol. The lowest BCUT2D eigenvalue weighted by Crippen LogP contribution is -2.48. The summed E-state index contributed by atoms with van der Waals surface area (Å²) in [6.07, 6.45) is -12.8. The summed E-state index contributed by atoms with van der Waals surface area (Å²) >= 11 is 0. The Morgan fingerprint density at radius 2 is 1.19 bits per heavy atom. The molecule has 0 aromatic carbocycles. The molecule has 0 radical (unpaired) electrons. The highest BCUT2D eigenvalue weighted by atomic mass is 32.3. The van der Waals surface area contributed by atoms with E-state index >= 15 is 0 Å². The van der Waals surface area contributed by atoms with E-state index in [1.54, 1.807) is 0 Å². The van der Waals surface area contributed by atoms with E-state index in [4.69, 9.17) is 0 Å². The number of hydrogen-bond donors (Lipinski definition) is 0. The molecule has 0 unspecified atom stereocenters. The van der Waals surface area contributed by atoms with E-state index in [0.717, 1.165) is 6.54 Å². The highest BCUT2D eigenvalue weighted by Gasteiger charge is 2.68. The fourth-order valence-electron chi connectivity index (χ4n) is 1.95. The number of nitrogens with zero attached hydrogens (tertiary/aromatic N) is 3. The van der Waals surface area contributed by atoms with Gasteiger partial charge in [0.25, 0.3) is 0 Å². The number of alkyl halides is 10. The molecule has 0 atom stereocenters. The molecule has 0 saturated heterocycles. The van der Waals surface area contributed by atoms with Gasteiger partial charge in [-0.3, -0.25) is 0 Å². The maximum Gasteiger partial charge on any atom is 0.467 e. The molecule has 0 spiro atoms. The van der Waals surface area contributed by atoms with Gasteiger partial charge in [-0.15, -0.1) is 4.68 Å². The third-order valence-electron chi connectivity index (χ3n) is 3.64. The molecule has 0 fully saturated rings. The minimum absolute atomic E-state index is 0.422. The molecule has 1 heterocycles. The van der Waals surface area contributed by atoms with Crippen LogP contribution in [0, 0.1) is 13.8 Å². The zero-order valence-electron chi connectivity index (χ0n) is 16.6. The van der Waals surface area contributed by atoms with Crippen molar-refractivity contribution in [2.75, 3.05) is 0 Å². The molecule has 7 nitrogen and oxygen atoms in total. The number of halogens is 10. The fraction of sp³-hybridized carbons (Fsp3) is 0.769. The highest BCUT2D eigenvalue weighted by Crippen LogP contribution is 2.47. The Kier molecular flexibility index (Phi) is 8.84. The lowest BCUT2D eigenvalue weighted by molar-refractivity contribution is -0.759. The first kappa shape index (κ1) is 30.4. The Hall–Kier alpha value is -1.63. The summed E-state index contributed by atoms with van der Waals surface area (Å²) in [6.45, 7) is 7.62. The molecular weight excluding hydrogens is 516 g/mol. The van der Waals surface area contributed by atoms with Crippen molar-refractivity contribution in [1.82, 2.24) is 4.68 Å². The Labute approximate surface area is 176 Å². The molecule has 0 aliphatic rings. The van der Waals surface area contributed by atoms with Gasteiger partial charge in [-0.25, -0.2) is 16.8 Å². The van der Waals surface area contributed by atoms with Crippen LogP contribution in [0.3, 0.4) is 0 Å². The van der Waals surface area contributed by atoms with Gasteiger partial charge in [0, 0.05) is 13.0 Å². The first-order valence-corrected chi connectivity index (χ1v) is 10.9. The van der Waals surface area contributed by atoms with Gasteiger partial charge in [-0.1, -0.05) is 6.92 Å². The first-order valence-electron chi connectivity index (χ1n) is 8.02. The molecule has 19 heteroatoms. The second-order valence-corrected chi connectivity index (χ2v) is 9.65. The van der Waals surface area contributed by atoms with Crippen molar-refractivity contribution in [3.63, 3.8) is 0 Å². The summed E-state index contributed by atoms with van der Waals surface area (Å²) in [7, 11) is -13.1. The van der Waals surface area contributed by atoms with Crippen LogP contribution in [0.2, 0.25) is 0 Å². The van der Waals surface area contributed by atoms with Crippen LogP contribution in [0.5, 0.6) is 0 Å². The molecule has 0 saturated carbocycles. The third-order valence-corrected chi connectivity index (χ3v) is 6.97. The van der Waals surface area contributed by atoms with Gasteiger partial charge < -0.3 is 4.13 Å². The minimum atomic E-state index is -7.62. The van der Waals surface area contributed by atoms with Crippen molar-refractivity contribution in [3.8, 4) is 0 Å². The maximum absolute atomic E-state index is 12.3. The molecule has 0 aliphatic heterocycles. The summed E-state index contributed by atoms with van der Waals surface area (Å²) in [6, 6.07) is 2.22. The smallest absolute Gasteiger partial charge is 0.425 e. The summed E-state index contributed by atoms with van der Waals surface area (Å²) in [5, 5.41) is -14.0. The van der Waals surface area contributed by atoms with E-state index in [1.807, 2.05) is 0 Å². The van der Waals surface area contributed by atoms with Crippen LogP contribution in [0.25, 0.3) is 4.13 Å². The van der Waals surface area contributed by atoms with Gasteiger partial charge >= 0.3 is 22.9 Å². The third kappa shape index (κ3) is 6.03. The Morgan fingerprint density at radius 1 is 0.844 bits per heavy atom. The fourth-order valence-corrected chi connectivity index (χ4v) is 4.32. The lowest BCUT2D eigenvalue weighted by Gasteiger charge is -2.31. The molecule has 0 bridgehead atoms. The topological polar surface area (TPSA) is 91.2 Å². The predicted octanol–water partition coefficient (Wildman–Crippen LogP) is 3.67. The number of aryl methyl sites for hydroxylation is 2. The Bertz CT molecular complexity index is 958. The summed E-state index contributed by atoms with van der Waals surface area (Å²) in [5.41, 5.74) is 2.68. The molecule has 32 heavy (non-hydrogen) atoms. The van der Waals surface area contributed by atoms with E-state index in [-0.39, 0.29) is 0 Å². The van der Waals surface area contributed by atoms with Crippen LogP contribution < -0.4 is 4.68 Å².